The van der Waals surface area contributed by atoms with Crippen LogP contribution in [0.1, 0.15) is 34.6 Å². The lowest BCUT2D eigenvalue weighted by Crippen LogP contribution is -2.44. The van der Waals surface area contributed by atoms with Gasteiger partial charge in [0.1, 0.15) is 12.2 Å². The van der Waals surface area contributed by atoms with Crippen LogP contribution in [0.25, 0.3) is 0 Å². The quantitative estimate of drug-likeness (QED) is 0.802. The third-order valence-corrected chi connectivity index (χ3v) is 8.38. The molecule has 1 heterocycles. The lowest BCUT2D eigenvalue weighted by atomic mass is 10.2. The topological polar surface area (TPSA) is 47.9 Å². The Kier molecular flexibility index (Phi) is 4.66. The normalized spacial score (nSPS) is 28.7. The molecule has 0 saturated carbocycles. The summed E-state index contributed by atoms with van der Waals surface area (Å²) < 4.78 is 17.5. The summed E-state index contributed by atoms with van der Waals surface area (Å²) in [6.07, 6.45) is -0.469. The second kappa shape index (κ2) is 5.21. The van der Waals surface area contributed by atoms with Crippen LogP contribution in [-0.4, -0.2) is 44.6 Å². The van der Waals surface area contributed by atoms with Crippen molar-refractivity contribution in [1.82, 2.24) is 0 Å². The van der Waals surface area contributed by atoms with Crippen molar-refractivity contribution in [2.24, 2.45) is 0 Å². The van der Waals surface area contributed by atoms with E-state index in [1.54, 1.807) is 0 Å². The van der Waals surface area contributed by atoms with Crippen LogP contribution in [-0.2, 0) is 13.9 Å². The van der Waals surface area contributed by atoms with Crippen molar-refractivity contribution >= 4 is 8.32 Å². The standard InChI is InChI=1S/C13H28O4Si/c1-12(2,3)18(6,7)15-9-11-10(8-14)16-13(4,5)17-11/h10-11,14H,8-9H2,1-7H3. The highest BCUT2D eigenvalue weighted by molar-refractivity contribution is 6.74. The molecular weight excluding hydrogens is 248 g/mol. The summed E-state index contributed by atoms with van der Waals surface area (Å²) in [7, 11) is -1.78. The summed E-state index contributed by atoms with van der Waals surface area (Å²) in [6.45, 7) is 15.2. The molecular formula is C13H28O4Si. The van der Waals surface area contributed by atoms with Gasteiger partial charge in [0.25, 0.3) is 0 Å². The minimum atomic E-state index is -1.78. The zero-order valence-corrected chi connectivity index (χ0v) is 13.7. The van der Waals surface area contributed by atoms with Gasteiger partial charge >= 0.3 is 0 Å². The largest absolute Gasteiger partial charge is 0.414 e. The van der Waals surface area contributed by atoms with E-state index >= 15 is 0 Å². The van der Waals surface area contributed by atoms with E-state index < -0.39 is 14.1 Å². The Morgan fingerprint density at radius 3 is 2.11 bits per heavy atom. The molecule has 1 saturated heterocycles. The molecule has 108 valence electrons. The molecule has 0 aromatic heterocycles. The molecule has 5 heteroatoms. The van der Waals surface area contributed by atoms with Crippen molar-refractivity contribution in [3.63, 3.8) is 0 Å². The molecule has 0 amide bonds. The number of hydrogen-bond acceptors (Lipinski definition) is 4. The highest BCUT2D eigenvalue weighted by Crippen LogP contribution is 2.37. The van der Waals surface area contributed by atoms with Crippen molar-refractivity contribution in [3.05, 3.63) is 0 Å². The van der Waals surface area contributed by atoms with E-state index in [0.717, 1.165) is 0 Å². The van der Waals surface area contributed by atoms with Crippen molar-refractivity contribution < 1.29 is 19.0 Å². The van der Waals surface area contributed by atoms with E-state index in [1.165, 1.54) is 0 Å². The van der Waals surface area contributed by atoms with Gasteiger partial charge in [-0.15, -0.1) is 0 Å². The predicted octanol–water partition coefficient (Wildman–Crippen LogP) is 2.52. The summed E-state index contributed by atoms with van der Waals surface area (Å²) in [4.78, 5) is 0. The molecule has 2 atom stereocenters. The van der Waals surface area contributed by atoms with Crippen LogP contribution in [0.2, 0.25) is 18.1 Å². The summed E-state index contributed by atoms with van der Waals surface area (Å²) in [5, 5.41) is 9.49. The SMILES string of the molecule is CC1(C)OC(CO)C(CO[Si](C)(C)C(C)(C)C)O1. The summed E-state index contributed by atoms with van der Waals surface area (Å²) in [6, 6.07) is 0. The van der Waals surface area contributed by atoms with Crippen LogP contribution >= 0.6 is 0 Å². The van der Waals surface area contributed by atoms with Crippen molar-refractivity contribution in [3.8, 4) is 0 Å². The average molecular weight is 276 g/mol. The predicted molar refractivity (Wildman–Crippen MR) is 74.1 cm³/mol. The summed E-state index contributed by atoms with van der Waals surface area (Å²) in [5.41, 5.74) is 0. The number of aliphatic hydroxyl groups is 1. The minimum absolute atomic E-state index is 0.0328. The van der Waals surface area contributed by atoms with E-state index in [2.05, 4.69) is 33.9 Å². The van der Waals surface area contributed by atoms with Gasteiger partial charge in [-0.05, 0) is 32.0 Å². The molecule has 0 aromatic rings. The molecule has 0 aromatic carbocycles. The minimum Gasteiger partial charge on any atom is -0.414 e. The Labute approximate surface area is 112 Å². The van der Waals surface area contributed by atoms with E-state index in [4.69, 9.17) is 13.9 Å². The Morgan fingerprint density at radius 2 is 1.67 bits per heavy atom. The van der Waals surface area contributed by atoms with Gasteiger partial charge < -0.3 is 19.0 Å². The molecule has 0 radical (unpaired) electrons. The third-order valence-electron chi connectivity index (χ3n) is 3.88. The molecule has 0 bridgehead atoms. The van der Waals surface area contributed by atoms with E-state index in [9.17, 15) is 5.11 Å². The number of hydrogen-bond donors (Lipinski definition) is 1. The smallest absolute Gasteiger partial charge is 0.192 e. The van der Waals surface area contributed by atoms with Crippen molar-refractivity contribution in [2.75, 3.05) is 13.2 Å². The lowest BCUT2D eigenvalue weighted by Gasteiger charge is -2.37. The van der Waals surface area contributed by atoms with E-state index in [-0.39, 0.29) is 23.9 Å². The number of ether oxygens (including phenoxy) is 2. The van der Waals surface area contributed by atoms with Crippen LogP contribution < -0.4 is 0 Å². The first-order valence-electron chi connectivity index (χ1n) is 6.59. The Bertz CT molecular complexity index is 283. The first kappa shape index (κ1) is 16.1. The van der Waals surface area contributed by atoms with Gasteiger partial charge in [-0.1, -0.05) is 20.8 Å². The summed E-state index contributed by atoms with van der Waals surface area (Å²) >= 11 is 0. The van der Waals surface area contributed by atoms with Gasteiger partial charge in [0.05, 0.1) is 13.2 Å². The fraction of sp³-hybridized carbons (Fsp3) is 1.00. The number of rotatable bonds is 4. The fourth-order valence-electron chi connectivity index (χ4n) is 1.71. The Hall–Kier alpha value is 0.0569. The second-order valence-corrected chi connectivity index (χ2v) is 11.8. The van der Waals surface area contributed by atoms with Crippen LogP contribution in [0.5, 0.6) is 0 Å². The van der Waals surface area contributed by atoms with E-state index in [1.807, 2.05) is 13.8 Å². The highest BCUT2D eigenvalue weighted by Gasteiger charge is 2.43. The Morgan fingerprint density at radius 1 is 1.17 bits per heavy atom. The van der Waals surface area contributed by atoms with Crippen LogP contribution in [0.3, 0.4) is 0 Å². The molecule has 4 nitrogen and oxygen atoms in total. The molecule has 1 aliphatic heterocycles. The van der Waals surface area contributed by atoms with Crippen molar-refractivity contribution in [2.45, 2.75) is 70.7 Å². The maximum atomic E-state index is 9.31. The zero-order chi connectivity index (χ0) is 14.2. The molecule has 1 fully saturated rings. The Balaban J connectivity index is 2.58. The third kappa shape index (κ3) is 3.77. The lowest BCUT2D eigenvalue weighted by molar-refractivity contribution is -0.151. The molecule has 18 heavy (non-hydrogen) atoms. The van der Waals surface area contributed by atoms with Gasteiger partial charge in [-0.2, -0.15) is 0 Å². The maximum absolute atomic E-state index is 9.31. The monoisotopic (exact) mass is 276 g/mol. The summed E-state index contributed by atoms with van der Waals surface area (Å²) in [5.74, 6) is -0.630. The molecule has 0 spiro atoms. The van der Waals surface area contributed by atoms with Gasteiger partial charge in [0.2, 0.25) is 0 Å². The second-order valence-electron chi connectivity index (χ2n) is 6.97. The van der Waals surface area contributed by atoms with Crippen molar-refractivity contribution in [1.29, 1.82) is 0 Å². The fourth-order valence-corrected chi connectivity index (χ4v) is 2.73. The maximum Gasteiger partial charge on any atom is 0.192 e. The van der Waals surface area contributed by atoms with Crippen LogP contribution in [0, 0.1) is 0 Å². The molecule has 0 aliphatic carbocycles. The molecule has 1 aliphatic rings. The first-order chi connectivity index (χ1) is 7.98. The molecule has 1 rings (SSSR count). The molecule has 2 unspecified atom stereocenters. The molecule has 1 N–H and O–H groups in total. The van der Waals surface area contributed by atoms with E-state index in [0.29, 0.717) is 6.61 Å². The van der Waals surface area contributed by atoms with Gasteiger partial charge in [-0.3, -0.25) is 0 Å². The average Bonchev–Trinajstić information content (AvgIpc) is 2.48. The zero-order valence-electron chi connectivity index (χ0n) is 12.7. The number of aliphatic hydroxyl groups excluding tert-OH is 1. The van der Waals surface area contributed by atoms with Crippen LogP contribution in [0.4, 0.5) is 0 Å². The van der Waals surface area contributed by atoms with Gasteiger partial charge in [-0.25, -0.2) is 0 Å². The highest BCUT2D eigenvalue weighted by atomic mass is 28.4. The van der Waals surface area contributed by atoms with Gasteiger partial charge in [0.15, 0.2) is 14.1 Å². The van der Waals surface area contributed by atoms with Gasteiger partial charge in [0, 0.05) is 0 Å². The first-order valence-corrected chi connectivity index (χ1v) is 9.50. The van der Waals surface area contributed by atoms with Crippen LogP contribution in [0.15, 0.2) is 0 Å².